The number of rotatable bonds is 4. The maximum atomic E-state index is 14.0. The van der Waals surface area contributed by atoms with E-state index in [1.165, 1.54) is 24.3 Å². The van der Waals surface area contributed by atoms with Gasteiger partial charge in [-0.05, 0) is 72.8 Å². The van der Waals surface area contributed by atoms with Gasteiger partial charge in [0.05, 0.1) is 33.9 Å². The van der Waals surface area contributed by atoms with Gasteiger partial charge in [0.15, 0.2) is 0 Å². The van der Waals surface area contributed by atoms with Crippen LogP contribution in [0.15, 0.2) is 107 Å². The summed E-state index contributed by atoms with van der Waals surface area (Å²) in [4.78, 5) is 26.7. The highest BCUT2D eigenvalue weighted by atomic mass is 19.4. The Morgan fingerprint density at radius 3 is 0.852 bits per heavy atom. The second kappa shape index (κ2) is 13.4. The van der Waals surface area contributed by atoms with Gasteiger partial charge in [0, 0.05) is 22.3 Å². The summed E-state index contributed by atoms with van der Waals surface area (Å²) in [5.41, 5.74) is -2.42. The summed E-state index contributed by atoms with van der Waals surface area (Å²) in [7, 11) is 0. The molecule has 6 aromatic rings. The summed E-state index contributed by atoms with van der Waals surface area (Å²) in [5, 5.41) is 19.7. The van der Waals surface area contributed by atoms with Crippen LogP contribution in [0, 0.1) is 34.5 Å². The van der Waals surface area contributed by atoms with Crippen LogP contribution in [0.3, 0.4) is 0 Å². The number of alkyl halides is 6. The zero-order valence-corrected chi connectivity index (χ0v) is 26.8. The van der Waals surface area contributed by atoms with Gasteiger partial charge in [-0.2, -0.15) is 46.9 Å². The first-order valence-corrected chi connectivity index (χ1v) is 15.4. The highest BCUT2D eigenvalue weighted by Crippen LogP contribution is 2.39. The Labute approximate surface area is 299 Å². The van der Waals surface area contributed by atoms with E-state index < -0.39 is 35.1 Å². The van der Waals surface area contributed by atoms with Crippen LogP contribution < -0.4 is 0 Å². The van der Waals surface area contributed by atoms with Gasteiger partial charge >= 0.3 is 12.4 Å². The minimum Gasteiger partial charge on any atom is -0.241 e. The molecule has 7 rings (SSSR count). The zero-order chi connectivity index (χ0) is 38.4. The number of halogens is 8. The second-order valence-electron chi connectivity index (χ2n) is 11.5. The maximum absolute atomic E-state index is 14.0. The van der Waals surface area contributed by atoms with Gasteiger partial charge in [0.25, 0.3) is 0 Å². The number of nitrogens with zero attached hydrogens (tertiary/aromatic N) is 8. The van der Waals surface area contributed by atoms with Crippen molar-refractivity contribution in [1.82, 2.24) is 19.9 Å². The summed E-state index contributed by atoms with van der Waals surface area (Å²) in [6.45, 7) is 0. The fourth-order valence-electron chi connectivity index (χ4n) is 5.72. The predicted molar refractivity (Wildman–Crippen MR) is 178 cm³/mol. The molecule has 0 atom stereocenters. The predicted octanol–water partition coefficient (Wildman–Crippen LogP) is 9.20. The number of aromatic nitrogens is 4. The number of hydrogen-bond donors (Lipinski definition) is 0. The highest BCUT2D eigenvalue weighted by molar-refractivity contribution is 6.29. The average Bonchev–Trinajstić information content (AvgIpc) is 3.15. The first-order chi connectivity index (χ1) is 25.8. The molecule has 0 amide bonds. The lowest BCUT2D eigenvalue weighted by Crippen LogP contribution is -2.29. The Kier molecular flexibility index (Phi) is 8.74. The van der Waals surface area contributed by atoms with E-state index in [9.17, 15) is 45.6 Å². The first kappa shape index (κ1) is 35.2. The van der Waals surface area contributed by atoms with E-state index in [0.29, 0.717) is 11.1 Å². The third-order valence-electron chi connectivity index (χ3n) is 8.22. The van der Waals surface area contributed by atoms with Crippen LogP contribution in [0.4, 0.5) is 35.1 Å². The lowest BCUT2D eigenvalue weighted by Gasteiger charge is -2.23. The number of fused-ring (bicyclic) bond motifs is 2. The molecule has 0 bridgehead atoms. The molecule has 0 unspecified atom stereocenters. The number of hydrogen-bond acceptors (Lipinski definition) is 8. The van der Waals surface area contributed by atoms with E-state index in [1.807, 2.05) is 0 Å². The molecule has 0 saturated carbocycles. The Morgan fingerprint density at radius 2 is 0.630 bits per heavy atom. The molecule has 1 aliphatic rings. The molecule has 1 aliphatic carbocycles. The molecule has 2 heterocycles. The molecule has 8 nitrogen and oxygen atoms in total. The van der Waals surface area contributed by atoms with Gasteiger partial charge in [-0.3, -0.25) is 0 Å². The van der Waals surface area contributed by atoms with Crippen molar-refractivity contribution in [2.45, 2.75) is 12.4 Å². The summed E-state index contributed by atoms with van der Waals surface area (Å²) >= 11 is 0. The molecular formula is C38H16F8N8. The third kappa shape index (κ3) is 6.52. The van der Waals surface area contributed by atoms with Gasteiger partial charge < -0.3 is 0 Å². The van der Waals surface area contributed by atoms with Crippen molar-refractivity contribution < 1.29 is 35.1 Å². The van der Waals surface area contributed by atoms with Crippen molar-refractivity contribution in [3.63, 3.8) is 0 Å². The molecule has 16 heteroatoms. The van der Waals surface area contributed by atoms with E-state index in [2.05, 4.69) is 20.0 Å². The minimum atomic E-state index is -4.69. The molecule has 4 aromatic carbocycles. The summed E-state index contributed by atoms with van der Waals surface area (Å²) < 4.78 is 109. The van der Waals surface area contributed by atoms with Crippen LogP contribution in [0.25, 0.3) is 45.0 Å². The summed E-state index contributed by atoms with van der Waals surface area (Å²) in [6.07, 6.45) is -6.06. The summed E-state index contributed by atoms with van der Waals surface area (Å²) in [6, 6.07) is 17.8. The molecule has 0 spiro atoms. The number of aliphatic imine (C=N–C) groups is 2. The second-order valence-corrected chi connectivity index (χ2v) is 11.5. The molecule has 2 aromatic heterocycles. The van der Waals surface area contributed by atoms with Crippen LogP contribution in [-0.4, -0.2) is 31.4 Å². The van der Waals surface area contributed by atoms with Crippen LogP contribution in [0.1, 0.15) is 33.9 Å². The highest BCUT2D eigenvalue weighted by Gasteiger charge is 2.37. The van der Waals surface area contributed by atoms with Gasteiger partial charge in [0.1, 0.15) is 45.8 Å². The largest absolute Gasteiger partial charge is 0.416 e. The number of benzene rings is 4. The van der Waals surface area contributed by atoms with Crippen LogP contribution in [0.2, 0.25) is 0 Å². The Hall–Kier alpha value is -7.20. The number of nitriles is 2. The fourth-order valence-corrected chi connectivity index (χ4v) is 5.72. The SMILES string of the molecule is N#C/N=C1\c2nc(-c3ccc(F)cc3)c(-c3ccc(F)cc3)nc2/C(=N/C#N)c2nc(-c3ccc(C(F)(F)F)cc3)c(-c3ccc(C(F)(F)F)cc3)nc21. The van der Waals surface area contributed by atoms with Crippen molar-refractivity contribution in [3.05, 3.63) is 143 Å². The van der Waals surface area contributed by atoms with E-state index in [1.54, 1.807) is 12.4 Å². The van der Waals surface area contributed by atoms with E-state index in [-0.39, 0.29) is 68.1 Å². The normalized spacial score (nSPS) is 14.0. The Morgan fingerprint density at radius 1 is 0.389 bits per heavy atom. The molecule has 264 valence electrons. The lowest BCUT2D eigenvalue weighted by molar-refractivity contribution is -0.138. The molecule has 0 fully saturated rings. The molecule has 0 aliphatic heterocycles. The van der Waals surface area contributed by atoms with Crippen molar-refractivity contribution in [2.24, 2.45) is 9.98 Å². The van der Waals surface area contributed by atoms with Crippen molar-refractivity contribution in [1.29, 1.82) is 10.5 Å². The summed E-state index contributed by atoms with van der Waals surface area (Å²) in [5.74, 6) is -1.13. The Balaban J connectivity index is 1.54. The van der Waals surface area contributed by atoms with Gasteiger partial charge in [-0.25, -0.2) is 28.7 Å². The van der Waals surface area contributed by atoms with Crippen molar-refractivity contribution in [2.75, 3.05) is 0 Å². The van der Waals surface area contributed by atoms with E-state index in [4.69, 9.17) is 9.97 Å². The van der Waals surface area contributed by atoms with Crippen molar-refractivity contribution >= 4 is 11.4 Å². The maximum Gasteiger partial charge on any atom is 0.416 e. The standard InChI is InChI=1S/C38H16F8N8/c39-25-13-5-21(6-14-25)29-30(22-7-15-26(40)16-8-22)54-36-32(50-18-48)34-33(31(49-17-47)35(36)53-29)51-27(19-1-9-23(10-2-19)37(41,42)43)28(52-34)20-3-11-24(12-4-20)38(44,45)46/h1-16H/b49-31-,50-32+. The van der Waals surface area contributed by atoms with Gasteiger partial charge in [0.2, 0.25) is 12.4 Å². The molecule has 54 heavy (non-hydrogen) atoms. The molecule has 0 radical (unpaired) electrons. The van der Waals surface area contributed by atoms with Gasteiger partial charge in [-0.1, -0.05) is 24.3 Å². The smallest absolute Gasteiger partial charge is 0.241 e. The molecular weight excluding hydrogens is 720 g/mol. The van der Waals surface area contributed by atoms with Crippen LogP contribution >= 0.6 is 0 Å². The van der Waals surface area contributed by atoms with E-state index in [0.717, 1.165) is 72.8 Å². The van der Waals surface area contributed by atoms with Gasteiger partial charge in [-0.15, -0.1) is 0 Å². The fraction of sp³-hybridized carbons (Fsp3) is 0.0526. The minimum absolute atomic E-state index is 0.0545. The molecule has 0 saturated heterocycles. The Bertz CT molecular complexity index is 2400. The van der Waals surface area contributed by atoms with E-state index >= 15 is 0 Å². The lowest BCUT2D eigenvalue weighted by atomic mass is 9.92. The first-order valence-electron chi connectivity index (χ1n) is 15.4. The third-order valence-corrected chi connectivity index (χ3v) is 8.22. The van der Waals surface area contributed by atoms with Crippen molar-refractivity contribution in [3.8, 4) is 57.4 Å². The van der Waals surface area contributed by atoms with Crippen LogP contribution in [-0.2, 0) is 12.4 Å². The average molecular weight is 737 g/mol. The quantitative estimate of drug-likeness (QED) is 0.131. The molecule has 0 N–H and O–H groups in total. The topological polar surface area (TPSA) is 124 Å². The zero-order valence-electron chi connectivity index (χ0n) is 26.8. The monoisotopic (exact) mass is 736 g/mol. The van der Waals surface area contributed by atoms with Crippen LogP contribution in [0.5, 0.6) is 0 Å².